The Morgan fingerprint density at radius 2 is 2.18 bits per heavy atom. The Balaban J connectivity index is 2.39. The smallest absolute Gasteiger partial charge is 0.202 e. The van der Waals surface area contributed by atoms with E-state index in [0.29, 0.717) is 13.1 Å². The first-order chi connectivity index (χ1) is 7.93. The summed E-state index contributed by atoms with van der Waals surface area (Å²) in [4.78, 5) is 0. The molecule has 0 bridgehead atoms. The lowest BCUT2D eigenvalue weighted by molar-refractivity contribution is 0.265. The first kappa shape index (κ1) is 15.2. The molecule has 1 fully saturated rings. The molecule has 17 heavy (non-hydrogen) atoms. The predicted octanol–water partition coefficient (Wildman–Crippen LogP) is 2.10. The van der Waals surface area contributed by atoms with Crippen LogP contribution in [0.15, 0.2) is 0 Å². The average molecular weight is 283 g/mol. The highest BCUT2D eigenvalue weighted by molar-refractivity contribution is 7.87. The molecule has 1 heterocycles. The number of nitrogens with zero attached hydrogens (tertiary/aromatic N) is 1. The van der Waals surface area contributed by atoms with Crippen molar-refractivity contribution in [2.24, 2.45) is 0 Å². The van der Waals surface area contributed by atoms with Crippen molar-refractivity contribution in [2.75, 3.05) is 13.1 Å². The first-order valence-corrected chi connectivity index (χ1v) is 8.21. The van der Waals surface area contributed by atoms with E-state index < -0.39 is 10.2 Å². The number of hydrogen-bond donors (Lipinski definition) is 1. The van der Waals surface area contributed by atoms with Crippen molar-refractivity contribution in [3.63, 3.8) is 0 Å². The number of piperidine rings is 1. The lowest BCUT2D eigenvalue weighted by Crippen LogP contribution is -2.48. The number of alkyl halides is 1. The van der Waals surface area contributed by atoms with Gasteiger partial charge in [-0.15, -0.1) is 11.6 Å². The summed E-state index contributed by atoms with van der Waals surface area (Å²) < 4.78 is 28.3. The summed E-state index contributed by atoms with van der Waals surface area (Å²) in [5.74, 6) is 0. The molecular formula is C11H23ClN2O2S. The summed E-state index contributed by atoms with van der Waals surface area (Å²) in [5, 5.41) is 0.105. The van der Waals surface area contributed by atoms with Gasteiger partial charge in [-0.05, 0) is 39.5 Å². The number of rotatable bonds is 6. The van der Waals surface area contributed by atoms with Crippen molar-refractivity contribution in [1.82, 2.24) is 9.03 Å². The van der Waals surface area contributed by atoms with Gasteiger partial charge in [-0.3, -0.25) is 0 Å². The molecule has 0 aliphatic carbocycles. The Bertz CT molecular complexity index is 319. The molecule has 1 aliphatic rings. The number of nitrogens with one attached hydrogen (secondary N) is 1. The minimum atomic E-state index is -3.29. The minimum Gasteiger partial charge on any atom is -0.202 e. The Hall–Kier alpha value is 0.160. The maximum atomic E-state index is 12.0. The van der Waals surface area contributed by atoms with E-state index in [0.717, 1.165) is 32.1 Å². The van der Waals surface area contributed by atoms with E-state index in [9.17, 15) is 8.42 Å². The average Bonchev–Trinajstić information content (AvgIpc) is 2.24. The fourth-order valence-electron chi connectivity index (χ4n) is 2.10. The van der Waals surface area contributed by atoms with E-state index in [-0.39, 0.29) is 11.4 Å². The third-order valence-electron chi connectivity index (χ3n) is 3.11. The van der Waals surface area contributed by atoms with Crippen LogP contribution in [-0.2, 0) is 10.2 Å². The molecule has 1 rings (SSSR count). The lowest BCUT2D eigenvalue weighted by Gasteiger charge is -2.32. The van der Waals surface area contributed by atoms with Gasteiger partial charge in [-0.1, -0.05) is 6.42 Å². The van der Waals surface area contributed by atoms with Crippen LogP contribution in [0.4, 0.5) is 0 Å². The van der Waals surface area contributed by atoms with Crippen molar-refractivity contribution in [3.8, 4) is 0 Å². The third-order valence-corrected chi connectivity index (χ3v) is 5.06. The van der Waals surface area contributed by atoms with Gasteiger partial charge in [-0.25, -0.2) is 4.72 Å². The number of hydrogen-bond acceptors (Lipinski definition) is 2. The van der Waals surface area contributed by atoms with Crippen LogP contribution >= 0.6 is 11.6 Å². The molecule has 2 atom stereocenters. The maximum absolute atomic E-state index is 12.0. The third kappa shape index (κ3) is 5.12. The van der Waals surface area contributed by atoms with Crippen molar-refractivity contribution in [3.05, 3.63) is 0 Å². The lowest BCUT2D eigenvalue weighted by atomic mass is 10.1. The van der Waals surface area contributed by atoms with Gasteiger partial charge in [0.05, 0.1) is 0 Å². The van der Waals surface area contributed by atoms with E-state index in [4.69, 9.17) is 11.6 Å². The van der Waals surface area contributed by atoms with Gasteiger partial charge in [0.1, 0.15) is 0 Å². The molecule has 102 valence electrons. The van der Waals surface area contributed by atoms with Crippen LogP contribution in [0.5, 0.6) is 0 Å². The van der Waals surface area contributed by atoms with Crippen LogP contribution in [-0.4, -0.2) is 37.2 Å². The maximum Gasteiger partial charge on any atom is 0.279 e. The number of halogens is 1. The Morgan fingerprint density at radius 3 is 2.76 bits per heavy atom. The molecule has 2 unspecified atom stereocenters. The molecular weight excluding hydrogens is 260 g/mol. The minimum absolute atomic E-state index is 0.105. The quantitative estimate of drug-likeness (QED) is 0.599. The van der Waals surface area contributed by atoms with Gasteiger partial charge in [0.25, 0.3) is 10.2 Å². The first-order valence-electron chi connectivity index (χ1n) is 6.34. The Labute approximate surface area is 110 Å². The highest BCUT2D eigenvalue weighted by Crippen LogP contribution is 2.19. The van der Waals surface area contributed by atoms with Gasteiger partial charge in [-0.2, -0.15) is 12.7 Å². The molecule has 0 radical (unpaired) electrons. The zero-order valence-corrected chi connectivity index (χ0v) is 12.2. The molecule has 0 aromatic heterocycles. The Morgan fingerprint density at radius 1 is 1.47 bits per heavy atom. The SMILES string of the molecule is CC(Cl)CCCNS(=O)(=O)N1CCCCC1C. The van der Waals surface area contributed by atoms with E-state index in [1.807, 2.05) is 13.8 Å². The summed E-state index contributed by atoms with van der Waals surface area (Å²) in [6.45, 7) is 5.01. The fraction of sp³-hybridized carbons (Fsp3) is 1.00. The zero-order valence-electron chi connectivity index (χ0n) is 10.7. The van der Waals surface area contributed by atoms with Crippen LogP contribution in [0.2, 0.25) is 0 Å². The summed E-state index contributed by atoms with van der Waals surface area (Å²) in [7, 11) is -3.29. The highest BCUT2D eigenvalue weighted by atomic mass is 35.5. The van der Waals surface area contributed by atoms with Crippen LogP contribution in [0.25, 0.3) is 0 Å². The summed E-state index contributed by atoms with van der Waals surface area (Å²) >= 11 is 5.81. The van der Waals surface area contributed by atoms with Crippen molar-refractivity contribution < 1.29 is 8.42 Å². The molecule has 1 saturated heterocycles. The largest absolute Gasteiger partial charge is 0.279 e. The monoisotopic (exact) mass is 282 g/mol. The van der Waals surface area contributed by atoms with Crippen LogP contribution in [0, 0.1) is 0 Å². The van der Waals surface area contributed by atoms with Gasteiger partial charge < -0.3 is 0 Å². The van der Waals surface area contributed by atoms with Crippen molar-refractivity contribution in [1.29, 1.82) is 0 Å². The standard InChI is InChI=1S/C11H23ClN2O2S/c1-10(12)6-5-8-13-17(15,16)14-9-4-3-7-11(14)2/h10-11,13H,3-9H2,1-2H3. The van der Waals surface area contributed by atoms with Crippen LogP contribution in [0.3, 0.4) is 0 Å². The second-order valence-corrected chi connectivity index (χ2v) is 7.23. The van der Waals surface area contributed by atoms with Gasteiger partial charge in [0.2, 0.25) is 0 Å². The summed E-state index contributed by atoms with van der Waals surface area (Å²) in [6, 6.07) is 0.119. The second kappa shape index (κ2) is 6.92. The van der Waals surface area contributed by atoms with E-state index in [2.05, 4.69) is 4.72 Å². The van der Waals surface area contributed by atoms with E-state index in [1.165, 1.54) is 0 Å². The van der Waals surface area contributed by atoms with E-state index >= 15 is 0 Å². The molecule has 0 aromatic carbocycles. The molecule has 4 nitrogen and oxygen atoms in total. The molecule has 1 aliphatic heterocycles. The highest BCUT2D eigenvalue weighted by Gasteiger charge is 2.28. The normalized spacial score (nSPS) is 24.8. The zero-order chi connectivity index (χ0) is 12.9. The molecule has 0 saturated carbocycles. The summed E-state index contributed by atoms with van der Waals surface area (Å²) in [6.07, 6.45) is 4.66. The molecule has 1 N–H and O–H groups in total. The topological polar surface area (TPSA) is 49.4 Å². The molecule has 0 spiro atoms. The predicted molar refractivity (Wildman–Crippen MR) is 71.5 cm³/mol. The Kier molecular flexibility index (Phi) is 6.20. The summed E-state index contributed by atoms with van der Waals surface area (Å²) in [5.41, 5.74) is 0. The van der Waals surface area contributed by atoms with Crippen molar-refractivity contribution >= 4 is 21.8 Å². The van der Waals surface area contributed by atoms with Gasteiger partial charge in [0, 0.05) is 24.5 Å². The molecule has 0 aromatic rings. The van der Waals surface area contributed by atoms with Crippen molar-refractivity contribution in [2.45, 2.75) is 57.4 Å². The van der Waals surface area contributed by atoms with E-state index in [1.54, 1.807) is 4.31 Å². The molecule has 0 amide bonds. The van der Waals surface area contributed by atoms with Crippen LogP contribution in [0.1, 0.15) is 46.0 Å². The fourth-order valence-corrected chi connectivity index (χ4v) is 3.77. The van der Waals surface area contributed by atoms with Gasteiger partial charge in [0.15, 0.2) is 0 Å². The molecule has 6 heteroatoms. The van der Waals surface area contributed by atoms with Crippen LogP contribution < -0.4 is 4.72 Å². The van der Waals surface area contributed by atoms with Gasteiger partial charge >= 0.3 is 0 Å². The second-order valence-electron chi connectivity index (χ2n) is 4.78.